The number of sulfonamides is 1. The Kier molecular flexibility index (Phi) is 6.51. The zero-order valence-electron chi connectivity index (χ0n) is 16.0. The van der Waals surface area contributed by atoms with Crippen molar-refractivity contribution < 1.29 is 17.9 Å². The summed E-state index contributed by atoms with van der Waals surface area (Å²) in [6.45, 7) is 2.29. The van der Waals surface area contributed by atoms with E-state index in [2.05, 4.69) is 10.0 Å². The lowest BCUT2D eigenvalue weighted by atomic mass is 10.1. The van der Waals surface area contributed by atoms with Crippen LogP contribution in [0.15, 0.2) is 83.8 Å². The predicted octanol–water partition coefficient (Wildman–Crippen LogP) is 3.60. The van der Waals surface area contributed by atoms with Gasteiger partial charge in [0.15, 0.2) is 0 Å². The van der Waals surface area contributed by atoms with Crippen LogP contribution in [0.5, 0.6) is 5.75 Å². The van der Waals surface area contributed by atoms with Gasteiger partial charge in [0.05, 0.1) is 11.4 Å². The average molecular weight is 410 g/mol. The van der Waals surface area contributed by atoms with Crippen LogP contribution < -0.4 is 14.8 Å². The number of hydrogen-bond acceptors (Lipinski definition) is 4. The molecule has 7 heteroatoms. The van der Waals surface area contributed by atoms with Gasteiger partial charge in [-0.2, -0.15) is 0 Å². The highest BCUT2D eigenvalue weighted by atomic mass is 32.2. The highest BCUT2D eigenvalue weighted by Crippen LogP contribution is 2.20. The van der Waals surface area contributed by atoms with Crippen molar-refractivity contribution in [1.82, 2.24) is 5.32 Å². The Hall–Kier alpha value is -3.32. The van der Waals surface area contributed by atoms with Gasteiger partial charge in [-0.25, -0.2) is 8.42 Å². The molecule has 29 heavy (non-hydrogen) atoms. The first-order valence-electron chi connectivity index (χ1n) is 9.10. The van der Waals surface area contributed by atoms with Gasteiger partial charge in [-0.3, -0.25) is 9.52 Å². The molecule has 0 aliphatic carbocycles. The van der Waals surface area contributed by atoms with Crippen molar-refractivity contribution in [2.45, 2.75) is 11.8 Å². The summed E-state index contributed by atoms with van der Waals surface area (Å²) < 4.78 is 33.6. The lowest BCUT2D eigenvalue weighted by Gasteiger charge is -2.12. The zero-order valence-corrected chi connectivity index (χ0v) is 16.8. The van der Waals surface area contributed by atoms with Crippen molar-refractivity contribution in [1.29, 1.82) is 0 Å². The molecule has 0 aliphatic rings. The molecule has 0 heterocycles. The highest BCUT2D eigenvalue weighted by molar-refractivity contribution is 7.92. The van der Waals surface area contributed by atoms with Crippen molar-refractivity contribution in [2.75, 3.05) is 17.9 Å². The lowest BCUT2D eigenvalue weighted by molar-refractivity contribution is 0.0947. The second-order valence-corrected chi connectivity index (χ2v) is 8.02. The van der Waals surface area contributed by atoms with Crippen LogP contribution in [0, 0.1) is 6.92 Å². The minimum Gasteiger partial charge on any atom is -0.492 e. The summed E-state index contributed by atoms with van der Waals surface area (Å²) in [4.78, 5) is 12.5. The number of ether oxygens (including phenoxy) is 1. The van der Waals surface area contributed by atoms with Crippen LogP contribution in [0.3, 0.4) is 0 Å². The minimum atomic E-state index is -3.82. The van der Waals surface area contributed by atoms with E-state index in [4.69, 9.17) is 4.74 Å². The molecule has 3 aromatic rings. The molecule has 2 N–H and O–H groups in total. The molecule has 0 saturated heterocycles. The Labute approximate surface area is 170 Å². The molecule has 0 atom stereocenters. The van der Waals surface area contributed by atoms with Crippen molar-refractivity contribution in [3.05, 3.63) is 90.0 Å². The van der Waals surface area contributed by atoms with Crippen molar-refractivity contribution in [3.63, 3.8) is 0 Å². The molecule has 0 aromatic heterocycles. The van der Waals surface area contributed by atoms with E-state index in [1.165, 1.54) is 6.07 Å². The molecular formula is C22H22N2O4S. The maximum atomic E-state index is 12.8. The molecule has 1 amide bonds. The third-order valence-electron chi connectivity index (χ3n) is 4.17. The summed E-state index contributed by atoms with van der Waals surface area (Å²) in [5.41, 5.74) is 1.28. The van der Waals surface area contributed by atoms with E-state index in [0.29, 0.717) is 24.4 Å². The number of carbonyl (C=O) groups excluding carboxylic acids is 1. The van der Waals surface area contributed by atoms with E-state index in [1.807, 2.05) is 30.3 Å². The van der Waals surface area contributed by atoms with Gasteiger partial charge in [-0.15, -0.1) is 0 Å². The monoisotopic (exact) mass is 410 g/mol. The van der Waals surface area contributed by atoms with Crippen LogP contribution >= 0.6 is 0 Å². The molecule has 3 rings (SSSR count). The number of hydrogen-bond donors (Lipinski definition) is 2. The molecule has 0 saturated carbocycles. The number of nitrogens with one attached hydrogen (secondary N) is 2. The first-order valence-corrected chi connectivity index (χ1v) is 10.6. The number of para-hydroxylation sites is 2. The second-order valence-electron chi connectivity index (χ2n) is 6.37. The fraction of sp³-hybridized carbons (Fsp3) is 0.136. The normalized spacial score (nSPS) is 10.9. The van der Waals surface area contributed by atoms with Gasteiger partial charge in [0.25, 0.3) is 15.9 Å². The topological polar surface area (TPSA) is 84.5 Å². The fourth-order valence-electron chi connectivity index (χ4n) is 2.70. The van der Waals surface area contributed by atoms with Crippen LogP contribution in [0.1, 0.15) is 15.9 Å². The Morgan fingerprint density at radius 1 is 0.931 bits per heavy atom. The summed E-state index contributed by atoms with van der Waals surface area (Å²) >= 11 is 0. The van der Waals surface area contributed by atoms with E-state index in [1.54, 1.807) is 49.4 Å². The predicted molar refractivity (Wildman–Crippen MR) is 113 cm³/mol. The molecule has 0 bridgehead atoms. The van der Waals surface area contributed by atoms with E-state index in [-0.39, 0.29) is 16.4 Å². The largest absolute Gasteiger partial charge is 0.492 e. The Morgan fingerprint density at radius 3 is 2.28 bits per heavy atom. The molecule has 3 aromatic carbocycles. The Morgan fingerprint density at radius 2 is 1.59 bits per heavy atom. The van der Waals surface area contributed by atoms with Gasteiger partial charge in [-0.1, -0.05) is 42.5 Å². The van der Waals surface area contributed by atoms with Gasteiger partial charge < -0.3 is 10.1 Å². The first-order chi connectivity index (χ1) is 14.0. The third-order valence-corrected chi connectivity index (χ3v) is 5.69. The standard InChI is InChI=1S/C22H22N2O4S/c1-17-12-13-18(22(25)23-14-15-28-20-10-6-3-7-11-20)16-21(17)29(26,27)24-19-8-4-2-5-9-19/h2-13,16,24H,14-15H2,1H3,(H,23,25). The van der Waals surface area contributed by atoms with Crippen LogP contribution in [0.4, 0.5) is 5.69 Å². The number of benzene rings is 3. The van der Waals surface area contributed by atoms with Crippen LogP contribution in [0.25, 0.3) is 0 Å². The van der Waals surface area contributed by atoms with E-state index in [9.17, 15) is 13.2 Å². The molecule has 150 valence electrons. The lowest BCUT2D eigenvalue weighted by Crippen LogP contribution is -2.28. The molecule has 0 fully saturated rings. The van der Waals surface area contributed by atoms with Gasteiger partial charge in [0.1, 0.15) is 12.4 Å². The van der Waals surface area contributed by atoms with E-state index in [0.717, 1.165) is 5.75 Å². The van der Waals surface area contributed by atoms with Crippen molar-refractivity contribution >= 4 is 21.6 Å². The molecule has 0 radical (unpaired) electrons. The smallest absolute Gasteiger partial charge is 0.262 e. The van der Waals surface area contributed by atoms with Gasteiger partial charge >= 0.3 is 0 Å². The summed E-state index contributed by atoms with van der Waals surface area (Å²) in [6.07, 6.45) is 0. The molecule has 0 spiro atoms. The summed E-state index contributed by atoms with van der Waals surface area (Å²) in [7, 11) is -3.82. The van der Waals surface area contributed by atoms with Crippen LogP contribution in [-0.2, 0) is 10.0 Å². The van der Waals surface area contributed by atoms with Gasteiger partial charge in [0.2, 0.25) is 0 Å². The summed E-state index contributed by atoms with van der Waals surface area (Å²) in [6, 6.07) is 22.5. The molecular weight excluding hydrogens is 388 g/mol. The maximum Gasteiger partial charge on any atom is 0.262 e. The minimum absolute atomic E-state index is 0.0644. The first kappa shape index (κ1) is 20.4. The maximum absolute atomic E-state index is 12.8. The van der Waals surface area contributed by atoms with E-state index < -0.39 is 10.0 Å². The van der Waals surface area contributed by atoms with Crippen molar-refractivity contribution in [2.24, 2.45) is 0 Å². The highest BCUT2D eigenvalue weighted by Gasteiger charge is 2.19. The third kappa shape index (κ3) is 5.58. The van der Waals surface area contributed by atoms with Crippen LogP contribution in [0.2, 0.25) is 0 Å². The zero-order chi connectivity index (χ0) is 20.7. The molecule has 0 unspecified atom stereocenters. The van der Waals surface area contributed by atoms with Gasteiger partial charge in [-0.05, 0) is 48.9 Å². The summed E-state index contributed by atoms with van der Waals surface area (Å²) in [5, 5.41) is 2.74. The summed E-state index contributed by atoms with van der Waals surface area (Å²) in [5.74, 6) is 0.357. The fourth-order valence-corrected chi connectivity index (χ4v) is 4.03. The van der Waals surface area contributed by atoms with Crippen molar-refractivity contribution in [3.8, 4) is 5.75 Å². The number of anilines is 1. The number of rotatable bonds is 8. The quantitative estimate of drug-likeness (QED) is 0.556. The average Bonchev–Trinajstić information content (AvgIpc) is 2.72. The van der Waals surface area contributed by atoms with E-state index >= 15 is 0 Å². The molecule has 6 nitrogen and oxygen atoms in total. The van der Waals surface area contributed by atoms with Crippen LogP contribution in [-0.4, -0.2) is 27.5 Å². The Bertz CT molecular complexity index is 1070. The number of aryl methyl sites for hydroxylation is 1. The molecule has 0 aliphatic heterocycles. The Balaban J connectivity index is 1.65. The number of amides is 1. The van der Waals surface area contributed by atoms with Gasteiger partial charge in [0, 0.05) is 11.3 Å². The second kappa shape index (κ2) is 9.25. The number of carbonyl (C=O) groups is 1. The SMILES string of the molecule is Cc1ccc(C(=O)NCCOc2ccccc2)cc1S(=O)(=O)Nc1ccccc1.